The zero-order valence-electron chi connectivity index (χ0n) is 18.6. The van der Waals surface area contributed by atoms with E-state index in [1.54, 1.807) is 37.4 Å². The van der Waals surface area contributed by atoms with Crippen LogP contribution in [-0.4, -0.2) is 24.1 Å². The number of rotatable bonds is 9. The number of carbonyl (C=O) groups excluding carboxylic acids is 1. The maximum atomic E-state index is 14.2. The SMILES string of the molecule is CCCc1ccc(C(=O)/C(C#N)=c2\s/c(=C\c3ccccc3F)c(=O)n2CCCOC)cc1. The Morgan fingerprint density at radius 2 is 1.94 bits per heavy atom. The fraction of sp³-hybridized carbons (Fsp3) is 0.269. The summed E-state index contributed by atoms with van der Waals surface area (Å²) in [7, 11) is 1.56. The molecule has 0 aliphatic heterocycles. The van der Waals surface area contributed by atoms with Crippen molar-refractivity contribution in [3.63, 3.8) is 0 Å². The smallest absolute Gasteiger partial charge is 0.269 e. The highest BCUT2D eigenvalue weighted by Crippen LogP contribution is 2.12. The van der Waals surface area contributed by atoms with Crippen LogP contribution in [0.1, 0.15) is 41.3 Å². The van der Waals surface area contributed by atoms with E-state index in [9.17, 15) is 19.2 Å². The van der Waals surface area contributed by atoms with Gasteiger partial charge < -0.3 is 4.74 Å². The molecule has 0 saturated carbocycles. The Labute approximate surface area is 195 Å². The van der Waals surface area contributed by atoms with Gasteiger partial charge in [0.05, 0.1) is 4.53 Å². The van der Waals surface area contributed by atoms with E-state index in [0.29, 0.717) is 18.6 Å². The zero-order chi connectivity index (χ0) is 23.8. The minimum Gasteiger partial charge on any atom is -0.385 e. The van der Waals surface area contributed by atoms with E-state index in [4.69, 9.17) is 4.74 Å². The lowest BCUT2D eigenvalue weighted by atomic mass is 10.0. The molecule has 2 aromatic carbocycles. The van der Waals surface area contributed by atoms with E-state index in [-0.39, 0.29) is 32.4 Å². The molecule has 3 aromatic rings. The van der Waals surface area contributed by atoms with Crippen LogP contribution < -0.4 is 14.8 Å². The molecular weight excluding hydrogens is 439 g/mol. The van der Waals surface area contributed by atoms with Crippen LogP contribution >= 0.6 is 11.3 Å². The van der Waals surface area contributed by atoms with E-state index in [1.165, 1.54) is 16.7 Å². The van der Waals surface area contributed by atoms with Gasteiger partial charge in [0.1, 0.15) is 22.1 Å². The lowest BCUT2D eigenvalue weighted by molar-refractivity contribution is 0.105. The van der Waals surface area contributed by atoms with Crippen LogP contribution in [0, 0.1) is 17.1 Å². The van der Waals surface area contributed by atoms with Crippen LogP contribution in [0.15, 0.2) is 53.3 Å². The minimum atomic E-state index is -0.453. The third kappa shape index (κ3) is 5.72. The number of ketones is 1. The molecule has 0 N–H and O–H groups in total. The number of methoxy groups -OCH3 is 1. The van der Waals surface area contributed by atoms with E-state index in [1.807, 2.05) is 18.2 Å². The molecule has 0 spiro atoms. The van der Waals surface area contributed by atoms with Crippen molar-refractivity contribution in [1.29, 1.82) is 5.26 Å². The van der Waals surface area contributed by atoms with Crippen LogP contribution in [0.2, 0.25) is 0 Å². The van der Waals surface area contributed by atoms with Gasteiger partial charge in [-0.1, -0.05) is 55.8 Å². The number of hydrogen-bond donors (Lipinski definition) is 0. The highest BCUT2D eigenvalue weighted by molar-refractivity contribution is 7.07. The number of aromatic nitrogens is 1. The van der Waals surface area contributed by atoms with E-state index >= 15 is 0 Å². The number of nitrogens with zero attached hydrogens (tertiary/aromatic N) is 2. The Kier molecular flexibility index (Phi) is 8.47. The number of nitriles is 1. The first-order chi connectivity index (χ1) is 16.0. The van der Waals surface area contributed by atoms with Crippen LogP contribution in [0.4, 0.5) is 4.39 Å². The lowest BCUT2D eigenvalue weighted by Gasteiger charge is -2.04. The molecule has 0 atom stereocenters. The van der Waals surface area contributed by atoms with Gasteiger partial charge in [-0.2, -0.15) is 5.26 Å². The standard InChI is InChI=1S/C26H25FN2O3S/c1-3-7-18-10-12-19(13-11-18)24(30)21(17-28)26-29(14-6-15-32-2)25(31)23(33-26)16-20-8-4-5-9-22(20)27/h4-5,8-13,16H,3,6-7,14-15H2,1-2H3/b23-16-,26-21-. The van der Waals surface area contributed by atoms with Gasteiger partial charge in [0.2, 0.25) is 5.78 Å². The summed E-state index contributed by atoms with van der Waals surface area (Å²) in [6.07, 6.45) is 3.88. The largest absolute Gasteiger partial charge is 0.385 e. The summed E-state index contributed by atoms with van der Waals surface area (Å²) in [6, 6.07) is 15.3. The third-order valence-corrected chi connectivity index (χ3v) is 6.27. The summed E-state index contributed by atoms with van der Waals surface area (Å²) in [5, 5.41) is 9.87. The molecule has 1 heterocycles. The molecule has 0 bridgehead atoms. The van der Waals surface area contributed by atoms with Crippen molar-refractivity contribution in [3.8, 4) is 6.07 Å². The molecule has 0 radical (unpaired) electrons. The van der Waals surface area contributed by atoms with Crippen molar-refractivity contribution < 1.29 is 13.9 Å². The van der Waals surface area contributed by atoms with Gasteiger partial charge in [0.25, 0.3) is 5.56 Å². The minimum absolute atomic E-state index is 0.106. The number of halogens is 1. The Balaban J connectivity index is 2.18. The summed E-state index contributed by atoms with van der Waals surface area (Å²) >= 11 is 1.02. The highest BCUT2D eigenvalue weighted by atomic mass is 32.1. The zero-order valence-corrected chi connectivity index (χ0v) is 19.5. The number of thiazole rings is 1. The predicted octanol–water partition coefficient (Wildman–Crippen LogP) is 3.42. The summed E-state index contributed by atoms with van der Waals surface area (Å²) in [4.78, 5) is 26.3. The topological polar surface area (TPSA) is 72.1 Å². The first-order valence-electron chi connectivity index (χ1n) is 10.7. The number of hydrogen-bond acceptors (Lipinski definition) is 5. The van der Waals surface area contributed by atoms with Crippen molar-refractivity contribution in [2.24, 2.45) is 0 Å². The molecular formula is C26H25FN2O3S. The molecule has 0 aliphatic carbocycles. The molecule has 3 rings (SSSR count). The van der Waals surface area contributed by atoms with Crippen molar-refractivity contribution in [3.05, 3.63) is 90.6 Å². The maximum Gasteiger partial charge on any atom is 0.269 e. The van der Waals surface area contributed by atoms with E-state index < -0.39 is 11.6 Å². The second-order valence-corrected chi connectivity index (χ2v) is 8.53. The molecule has 7 heteroatoms. The quantitative estimate of drug-likeness (QED) is 0.359. The van der Waals surface area contributed by atoms with E-state index in [2.05, 4.69) is 6.92 Å². The lowest BCUT2D eigenvalue weighted by Crippen LogP contribution is -2.33. The fourth-order valence-electron chi connectivity index (χ4n) is 3.46. The number of Topliss-reactive ketones (excluding diaryl/α,β-unsaturated/α-hetero) is 1. The molecule has 1 aromatic heterocycles. The molecule has 0 saturated heterocycles. The van der Waals surface area contributed by atoms with Gasteiger partial charge in [0, 0.05) is 31.4 Å². The third-order valence-electron chi connectivity index (χ3n) is 5.14. The monoisotopic (exact) mass is 464 g/mol. The normalized spacial score (nSPS) is 12.5. The van der Waals surface area contributed by atoms with Gasteiger partial charge >= 0.3 is 0 Å². The average Bonchev–Trinajstić information content (AvgIpc) is 3.12. The van der Waals surface area contributed by atoms with Crippen LogP contribution in [0.25, 0.3) is 11.6 Å². The van der Waals surface area contributed by atoms with Gasteiger partial charge in [-0.3, -0.25) is 14.2 Å². The number of carbonyl (C=O) groups is 1. The van der Waals surface area contributed by atoms with Gasteiger partial charge in [-0.25, -0.2) is 4.39 Å². The van der Waals surface area contributed by atoms with Crippen molar-refractivity contribution >= 4 is 28.8 Å². The second-order valence-electron chi connectivity index (χ2n) is 7.50. The molecule has 5 nitrogen and oxygen atoms in total. The van der Waals surface area contributed by atoms with Gasteiger partial charge in [0.15, 0.2) is 0 Å². The molecule has 0 fully saturated rings. The molecule has 0 unspecified atom stereocenters. The Morgan fingerprint density at radius 1 is 1.21 bits per heavy atom. The fourth-order valence-corrected chi connectivity index (χ4v) is 4.58. The first-order valence-corrected chi connectivity index (χ1v) is 11.5. The van der Waals surface area contributed by atoms with E-state index in [0.717, 1.165) is 29.7 Å². The maximum absolute atomic E-state index is 14.2. The van der Waals surface area contributed by atoms with Crippen molar-refractivity contribution in [2.75, 3.05) is 13.7 Å². The number of aryl methyl sites for hydroxylation is 1. The summed E-state index contributed by atoms with van der Waals surface area (Å²) in [5.74, 6) is -0.898. The summed E-state index contributed by atoms with van der Waals surface area (Å²) in [5.41, 5.74) is 1.29. The Bertz CT molecular complexity index is 1350. The van der Waals surface area contributed by atoms with Gasteiger partial charge in [-0.05, 0) is 30.5 Å². The highest BCUT2D eigenvalue weighted by Gasteiger charge is 2.18. The summed E-state index contributed by atoms with van der Waals surface area (Å²) < 4.78 is 21.2. The number of benzene rings is 2. The summed E-state index contributed by atoms with van der Waals surface area (Å²) in [6.45, 7) is 2.77. The average molecular weight is 465 g/mol. The number of ether oxygens (including phenoxy) is 1. The molecule has 0 aliphatic rings. The predicted molar refractivity (Wildman–Crippen MR) is 128 cm³/mol. The molecule has 0 amide bonds. The van der Waals surface area contributed by atoms with Crippen molar-refractivity contribution in [1.82, 2.24) is 4.57 Å². The van der Waals surface area contributed by atoms with Gasteiger partial charge in [-0.15, -0.1) is 11.3 Å². The second kappa shape index (κ2) is 11.5. The van der Waals surface area contributed by atoms with Crippen LogP contribution in [-0.2, 0) is 17.7 Å². The first kappa shape index (κ1) is 24.3. The Morgan fingerprint density at radius 3 is 2.58 bits per heavy atom. The molecule has 33 heavy (non-hydrogen) atoms. The molecule has 170 valence electrons. The van der Waals surface area contributed by atoms with Crippen LogP contribution in [0.5, 0.6) is 0 Å². The van der Waals surface area contributed by atoms with Crippen molar-refractivity contribution in [2.45, 2.75) is 32.7 Å². The Hall–Kier alpha value is -3.34. The van der Waals surface area contributed by atoms with Crippen LogP contribution in [0.3, 0.4) is 0 Å².